The Hall–Kier alpha value is -0.410. The van der Waals surface area contributed by atoms with Crippen LogP contribution in [0.4, 0.5) is 4.39 Å². The van der Waals surface area contributed by atoms with Gasteiger partial charge >= 0.3 is 0 Å². The van der Waals surface area contributed by atoms with Crippen LogP contribution in [0.25, 0.3) is 0 Å². The number of benzene rings is 1. The van der Waals surface area contributed by atoms with Crippen molar-refractivity contribution in [1.82, 2.24) is 5.32 Å². The molecule has 1 aromatic rings. The van der Waals surface area contributed by atoms with E-state index in [0.717, 1.165) is 16.8 Å². The van der Waals surface area contributed by atoms with Crippen LogP contribution in [0.15, 0.2) is 22.7 Å². The molecule has 0 radical (unpaired) electrons. The van der Waals surface area contributed by atoms with Crippen molar-refractivity contribution in [2.45, 2.75) is 25.3 Å². The highest BCUT2D eigenvalue weighted by atomic mass is 79.9. The van der Waals surface area contributed by atoms with Gasteiger partial charge in [0.2, 0.25) is 0 Å². The Labute approximate surface area is 98.2 Å². The Bertz CT molecular complexity index is 349. The van der Waals surface area contributed by atoms with Crippen molar-refractivity contribution in [3.05, 3.63) is 34.1 Å². The van der Waals surface area contributed by atoms with E-state index >= 15 is 0 Å². The summed E-state index contributed by atoms with van der Waals surface area (Å²) in [7, 11) is 2.00. The van der Waals surface area contributed by atoms with Crippen LogP contribution >= 0.6 is 15.9 Å². The standard InChI is InChI=1S/C12H15BrFN/c1-15-12(8-2-3-8)6-9-4-5-10(14)7-11(9)13/h4-5,7-8,12,15H,2-3,6H2,1H3. The molecule has 1 fully saturated rings. The molecule has 0 aliphatic heterocycles. The summed E-state index contributed by atoms with van der Waals surface area (Å²) in [5.74, 6) is 0.630. The molecular formula is C12H15BrFN. The first-order chi connectivity index (χ1) is 7.20. The van der Waals surface area contributed by atoms with Crippen LogP contribution in [0.5, 0.6) is 0 Å². The summed E-state index contributed by atoms with van der Waals surface area (Å²) in [5, 5.41) is 3.34. The zero-order chi connectivity index (χ0) is 10.8. The number of nitrogens with one attached hydrogen (secondary N) is 1. The molecule has 0 heterocycles. The molecule has 15 heavy (non-hydrogen) atoms. The van der Waals surface area contributed by atoms with Gasteiger partial charge < -0.3 is 5.32 Å². The predicted octanol–water partition coefficient (Wildman–Crippen LogP) is 3.13. The number of hydrogen-bond acceptors (Lipinski definition) is 1. The van der Waals surface area contributed by atoms with Crippen LogP contribution in [-0.2, 0) is 6.42 Å². The monoisotopic (exact) mass is 271 g/mol. The molecule has 1 aliphatic carbocycles. The van der Waals surface area contributed by atoms with Gasteiger partial charge in [-0.15, -0.1) is 0 Å². The third-order valence-electron chi connectivity index (χ3n) is 3.02. The van der Waals surface area contributed by atoms with Crippen LogP contribution < -0.4 is 5.32 Å². The third kappa shape index (κ3) is 2.79. The summed E-state index contributed by atoms with van der Waals surface area (Å²) in [6, 6.07) is 5.47. The van der Waals surface area contributed by atoms with E-state index in [2.05, 4.69) is 21.2 Å². The van der Waals surface area contributed by atoms with Gasteiger partial charge in [0.15, 0.2) is 0 Å². The van der Waals surface area contributed by atoms with Gasteiger partial charge in [-0.1, -0.05) is 22.0 Å². The SMILES string of the molecule is CNC(Cc1ccc(F)cc1Br)C1CC1. The van der Waals surface area contributed by atoms with Gasteiger partial charge in [0, 0.05) is 10.5 Å². The fraction of sp³-hybridized carbons (Fsp3) is 0.500. The van der Waals surface area contributed by atoms with Gasteiger partial charge in [0.1, 0.15) is 5.82 Å². The zero-order valence-electron chi connectivity index (χ0n) is 8.76. The lowest BCUT2D eigenvalue weighted by Gasteiger charge is -2.16. The number of halogens is 2. The summed E-state index contributed by atoms with van der Waals surface area (Å²) >= 11 is 3.41. The molecule has 1 nitrogen and oxygen atoms in total. The Kier molecular flexibility index (Phi) is 3.42. The maximum atomic E-state index is 12.9. The molecule has 0 spiro atoms. The van der Waals surface area contributed by atoms with Crippen LogP contribution in [0.1, 0.15) is 18.4 Å². The van der Waals surface area contributed by atoms with E-state index in [9.17, 15) is 4.39 Å². The lowest BCUT2D eigenvalue weighted by atomic mass is 10.0. The predicted molar refractivity (Wildman–Crippen MR) is 63.4 cm³/mol. The van der Waals surface area contributed by atoms with Gasteiger partial charge in [0.05, 0.1) is 0 Å². The summed E-state index contributed by atoms with van der Waals surface area (Å²) in [6.45, 7) is 0. The van der Waals surface area contributed by atoms with Crippen LogP contribution in [-0.4, -0.2) is 13.1 Å². The van der Waals surface area contributed by atoms with Crippen LogP contribution in [0.3, 0.4) is 0 Å². The van der Waals surface area contributed by atoms with Gasteiger partial charge in [-0.3, -0.25) is 0 Å². The summed E-state index contributed by atoms with van der Waals surface area (Å²) in [5.41, 5.74) is 1.18. The van der Waals surface area contributed by atoms with Crippen molar-refractivity contribution in [2.24, 2.45) is 5.92 Å². The molecule has 1 atom stereocenters. The van der Waals surface area contributed by atoms with Crippen LogP contribution in [0, 0.1) is 11.7 Å². The second-order valence-electron chi connectivity index (χ2n) is 4.17. The van der Waals surface area contributed by atoms with E-state index in [-0.39, 0.29) is 5.82 Å². The lowest BCUT2D eigenvalue weighted by molar-refractivity contribution is 0.499. The molecule has 3 heteroatoms. The van der Waals surface area contributed by atoms with Crippen molar-refractivity contribution in [1.29, 1.82) is 0 Å². The summed E-state index contributed by atoms with van der Waals surface area (Å²) in [4.78, 5) is 0. The van der Waals surface area contributed by atoms with Gasteiger partial charge in [-0.2, -0.15) is 0 Å². The average Bonchev–Trinajstić information content (AvgIpc) is 3.00. The average molecular weight is 272 g/mol. The van der Waals surface area contributed by atoms with Crippen LogP contribution in [0.2, 0.25) is 0 Å². The molecular weight excluding hydrogens is 257 g/mol. The largest absolute Gasteiger partial charge is 0.316 e. The van der Waals surface area contributed by atoms with E-state index in [1.807, 2.05) is 13.1 Å². The van der Waals surface area contributed by atoms with Gasteiger partial charge in [0.25, 0.3) is 0 Å². The molecule has 0 bridgehead atoms. The first-order valence-electron chi connectivity index (χ1n) is 5.32. The highest BCUT2D eigenvalue weighted by Crippen LogP contribution is 2.34. The van der Waals surface area contributed by atoms with E-state index in [1.165, 1.54) is 30.5 Å². The molecule has 2 rings (SSSR count). The van der Waals surface area contributed by atoms with E-state index in [1.54, 1.807) is 0 Å². The van der Waals surface area contributed by atoms with Crippen molar-refractivity contribution >= 4 is 15.9 Å². The van der Waals surface area contributed by atoms with E-state index in [4.69, 9.17) is 0 Å². The summed E-state index contributed by atoms with van der Waals surface area (Å²) in [6.07, 6.45) is 3.62. The Morgan fingerprint density at radius 2 is 2.27 bits per heavy atom. The first kappa shape index (κ1) is 11.1. The van der Waals surface area contributed by atoms with Crippen molar-refractivity contribution < 1.29 is 4.39 Å². The second-order valence-corrected chi connectivity index (χ2v) is 5.03. The molecule has 1 unspecified atom stereocenters. The lowest BCUT2D eigenvalue weighted by Crippen LogP contribution is -2.29. The normalized spacial score (nSPS) is 17.8. The zero-order valence-corrected chi connectivity index (χ0v) is 10.3. The number of hydrogen-bond donors (Lipinski definition) is 1. The fourth-order valence-electron chi connectivity index (χ4n) is 1.93. The quantitative estimate of drug-likeness (QED) is 0.888. The Balaban J connectivity index is 2.08. The minimum absolute atomic E-state index is 0.182. The first-order valence-corrected chi connectivity index (χ1v) is 6.11. The highest BCUT2D eigenvalue weighted by Gasteiger charge is 2.30. The molecule has 82 valence electrons. The third-order valence-corrected chi connectivity index (χ3v) is 3.75. The second kappa shape index (κ2) is 4.62. The molecule has 1 aliphatic rings. The smallest absolute Gasteiger partial charge is 0.124 e. The maximum Gasteiger partial charge on any atom is 0.124 e. The number of likely N-dealkylation sites (N-methyl/N-ethyl adjacent to an activating group) is 1. The summed E-state index contributed by atoms with van der Waals surface area (Å²) < 4.78 is 13.8. The fourth-order valence-corrected chi connectivity index (χ4v) is 2.44. The molecule has 1 aromatic carbocycles. The molecule has 0 saturated heterocycles. The molecule has 0 aromatic heterocycles. The van der Waals surface area contributed by atoms with E-state index in [0.29, 0.717) is 6.04 Å². The molecule has 1 N–H and O–H groups in total. The number of rotatable bonds is 4. The maximum absolute atomic E-state index is 12.9. The van der Waals surface area contributed by atoms with Crippen molar-refractivity contribution in [3.63, 3.8) is 0 Å². The minimum Gasteiger partial charge on any atom is -0.316 e. The van der Waals surface area contributed by atoms with Gasteiger partial charge in [-0.25, -0.2) is 4.39 Å². The highest BCUT2D eigenvalue weighted by molar-refractivity contribution is 9.10. The Morgan fingerprint density at radius 1 is 1.53 bits per heavy atom. The van der Waals surface area contributed by atoms with E-state index < -0.39 is 0 Å². The molecule has 1 saturated carbocycles. The topological polar surface area (TPSA) is 12.0 Å². The van der Waals surface area contributed by atoms with Crippen molar-refractivity contribution in [3.8, 4) is 0 Å². The van der Waals surface area contributed by atoms with Gasteiger partial charge in [-0.05, 0) is 49.9 Å². The molecule has 0 amide bonds. The Morgan fingerprint density at radius 3 is 2.80 bits per heavy atom. The van der Waals surface area contributed by atoms with Crippen molar-refractivity contribution in [2.75, 3.05) is 7.05 Å². The minimum atomic E-state index is -0.182.